The van der Waals surface area contributed by atoms with E-state index >= 15 is 0 Å². The number of phenols is 1. The first kappa shape index (κ1) is 22.2. The molecule has 0 unspecified atom stereocenters. The van der Waals surface area contributed by atoms with E-state index in [0.29, 0.717) is 27.3 Å². The summed E-state index contributed by atoms with van der Waals surface area (Å²) in [5, 5.41) is 9.70. The van der Waals surface area contributed by atoms with Gasteiger partial charge in [-0.05, 0) is 89.4 Å². The number of hydrogen-bond acceptors (Lipinski definition) is 6. The summed E-state index contributed by atoms with van der Waals surface area (Å²) in [5.41, 5.74) is 2.72. The number of thioether (sulfide) groups is 1. The van der Waals surface area contributed by atoms with Crippen LogP contribution in [0.3, 0.4) is 0 Å². The van der Waals surface area contributed by atoms with Gasteiger partial charge in [0, 0.05) is 0 Å². The summed E-state index contributed by atoms with van der Waals surface area (Å²) in [7, 11) is 0. The minimum Gasteiger partial charge on any atom is -0.503 e. The van der Waals surface area contributed by atoms with Gasteiger partial charge in [0.05, 0.1) is 22.5 Å². The van der Waals surface area contributed by atoms with Crippen molar-refractivity contribution in [3.63, 3.8) is 0 Å². The predicted molar refractivity (Wildman–Crippen MR) is 121 cm³/mol. The minimum absolute atomic E-state index is 0.00862. The number of aryl methyl sites for hydroxylation is 2. The van der Waals surface area contributed by atoms with Gasteiger partial charge in [-0.2, -0.15) is 0 Å². The van der Waals surface area contributed by atoms with E-state index in [-0.39, 0.29) is 30.0 Å². The number of aromatic hydroxyl groups is 1. The van der Waals surface area contributed by atoms with E-state index in [1.807, 2.05) is 39.0 Å². The third-order valence-electron chi connectivity index (χ3n) is 4.44. The third kappa shape index (κ3) is 4.99. The van der Waals surface area contributed by atoms with Crippen LogP contribution in [0.2, 0.25) is 0 Å². The van der Waals surface area contributed by atoms with E-state index in [0.717, 1.165) is 28.6 Å². The Morgan fingerprint density at radius 2 is 1.90 bits per heavy atom. The summed E-state index contributed by atoms with van der Waals surface area (Å²) in [4.78, 5) is 26.5. The molecule has 1 heterocycles. The number of amides is 2. The van der Waals surface area contributed by atoms with Gasteiger partial charge in [0.1, 0.15) is 12.4 Å². The average molecular weight is 492 g/mol. The topological polar surface area (TPSA) is 76.1 Å². The van der Waals surface area contributed by atoms with E-state index in [9.17, 15) is 14.7 Å². The summed E-state index contributed by atoms with van der Waals surface area (Å²) in [5.74, 6) is 0.677. The summed E-state index contributed by atoms with van der Waals surface area (Å²) >= 11 is 4.16. The van der Waals surface area contributed by atoms with Crippen LogP contribution in [-0.4, -0.2) is 40.9 Å². The lowest BCUT2D eigenvalue weighted by molar-refractivity contribution is -0.123. The van der Waals surface area contributed by atoms with Crippen molar-refractivity contribution in [3.8, 4) is 17.2 Å². The Balaban J connectivity index is 1.71. The zero-order valence-electron chi connectivity index (χ0n) is 16.9. The van der Waals surface area contributed by atoms with Crippen LogP contribution in [0, 0.1) is 13.8 Å². The van der Waals surface area contributed by atoms with Gasteiger partial charge in [-0.15, -0.1) is 0 Å². The van der Waals surface area contributed by atoms with E-state index in [2.05, 4.69) is 15.9 Å². The number of imide groups is 1. The normalized spacial score (nSPS) is 15.2. The number of benzene rings is 2. The molecule has 2 aromatic rings. The van der Waals surface area contributed by atoms with Gasteiger partial charge in [-0.1, -0.05) is 12.1 Å². The van der Waals surface area contributed by atoms with Gasteiger partial charge in [0.2, 0.25) is 0 Å². The highest BCUT2D eigenvalue weighted by Crippen LogP contribution is 2.38. The smallest absolute Gasteiger partial charge is 0.293 e. The highest BCUT2D eigenvalue weighted by atomic mass is 79.9. The first-order valence-electron chi connectivity index (χ1n) is 9.41. The van der Waals surface area contributed by atoms with Gasteiger partial charge >= 0.3 is 0 Å². The van der Waals surface area contributed by atoms with E-state index in [4.69, 9.17) is 9.47 Å². The Morgan fingerprint density at radius 3 is 2.63 bits per heavy atom. The van der Waals surface area contributed by atoms with Crippen LogP contribution >= 0.6 is 27.7 Å². The molecule has 1 aliphatic rings. The molecule has 2 amide bonds. The van der Waals surface area contributed by atoms with Crippen molar-refractivity contribution in [2.45, 2.75) is 20.8 Å². The third-order valence-corrected chi connectivity index (χ3v) is 5.95. The summed E-state index contributed by atoms with van der Waals surface area (Å²) in [6.45, 7) is 6.51. The Bertz CT molecular complexity index is 1020. The fourth-order valence-electron chi connectivity index (χ4n) is 2.90. The number of carbonyl (C=O) groups excluding carboxylic acids is 2. The molecule has 0 atom stereocenters. The van der Waals surface area contributed by atoms with Crippen molar-refractivity contribution in [2.24, 2.45) is 0 Å². The van der Waals surface area contributed by atoms with Crippen molar-refractivity contribution in [1.82, 2.24) is 4.90 Å². The summed E-state index contributed by atoms with van der Waals surface area (Å²) in [6.07, 6.45) is 1.61. The van der Waals surface area contributed by atoms with Crippen LogP contribution < -0.4 is 9.47 Å². The quantitative estimate of drug-likeness (QED) is 0.530. The Hall–Kier alpha value is -2.45. The van der Waals surface area contributed by atoms with Crippen LogP contribution in [0.15, 0.2) is 39.7 Å². The standard InChI is InChI=1S/C22H22BrNO5S/c1-4-28-18-11-15(10-16(23)20(18)25)12-19-21(26)24(22(27)30-19)7-8-29-17-9-13(2)5-6-14(17)3/h5-6,9-12,25H,4,7-8H2,1-3H3/b19-12-. The van der Waals surface area contributed by atoms with Crippen LogP contribution in [0.1, 0.15) is 23.6 Å². The van der Waals surface area contributed by atoms with Gasteiger partial charge < -0.3 is 14.6 Å². The van der Waals surface area contributed by atoms with E-state index < -0.39 is 0 Å². The zero-order valence-corrected chi connectivity index (χ0v) is 19.3. The van der Waals surface area contributed by atoms with E-state index in [1.165, 1.54) is 4.90 Å². The molecule has 30 heavy (non-hydrogen) atoms. The van der Waals surface area contributed by atoms with Crippen LogP contribution in [-0.2, 0) is 4.79 Å². The van der Waals surface area contributed by atoms with Crippen LogP contribution in [0.4, 0.5) is 4.79 Å². The summed E-state index contributed by atoms with van der Waals surface area (Å²) < 4.78 is 11.6. The SMILES string of the molecule is CCOc1cc(/C=C2\SC(=O)N(CCOc3cc(C)ccc3C)C2=O)cc(Br)c1O. The molecular formula is C22H22BrNO5S. The number of phenolic OH excluding ortho intramolecular Hbond substituents is 1. The molecule has 8 heteroatoms. The fraction of sp³-hybridized carbons (Fsp3) is 0.273. The van der Waals surface area contributed by atoms with Crippen molar-refractivity contribution < 1.29 is 24.2 Å². The Kier molecular flexibility index (Phi) is 7.10. The fourth-order valence-corrected chi connectivity index (χ4v) is 4.22. The largest absolute Gasteiger partial charge is 0.503 e. The van der Waals surface area contributed by atoms with Crippen molar-refractivity contribution >= 4 is 44.9 Å². The number of halogens is 1. The highest BCUT2D eigenvalue weighted by Gasteiger charge is 2.34. The second kappa shape index (κ2) is 9.57. The molecule has 0 aliphatic carbocycles. The van der Waals surface area contributed by atoms with Crippen molar-refractivity contribution in [1.29, 1.82) is 0 Å². The molecule has 0 aromatic heterocycles. The van der Waals surface area contributed by atoms with E-state index in [1.54, 1.807) is 18.2 Å². The first-order chi connectivity index (χ1) is 14.3. The van der Waals surface area contributed by atoms with Gasteiger partial charge in [0.15, 0.2) is 11.5 Å². The van der Waals surface area contributed by atoms with Gasteiger partial charge in [-0.25, -0.2) is 0 Å². The molecular weight excluding hydrogens is 470 g/mol. The second-order valence-corrected chi connectivity index (χ2v) is 8.58. The highest BCUT2D eigenvalue weighted by molar-refractivity contribution is 9.10. The zero-order chi connectivity index (χ0) is 21.8. The van der Waals surface area contributed by atoms with Crippen molar-refractivity contribution in [2.75, 3.05) is 19.8 Å². The Labute approximate surface area is 188 Å². The lowest BCUT2D eigenvalue weighted by Crippen LogP contribution is -2.32. The van der Waals surface area contributed by atoms with Crippen LogP contribution in [0.25, 0.3) is 6.08 Å². The second-order valence-electron chi connectivity index (χ2n) is 6.73. The number of nitrogens with zero attached hydrogens (tertiary/aromatic N) is 1. The summed E-state index contributed by atoms with van der Waals surface area (Å²) in [6, 6.07) is 9.19. The number of rotatable bonds is 7. The molecule has 0 radical (unpaired) electrons. The molecule has 2 aromatic carbocycles. The molecule has 0 bridgehead atoms. The molecule has 1 N–H and O–H groups in total. The monoisotopic (exact) mass is 491 g/mol. The molecule has 1 aliphatic heterocycles. The average Bonchev–Trinajstić information content (AvgIpc) is 2.96. The van der Waals surface area contributed by atoms with Crippen molar-refractivity contribution in [3.05, 3.63) is 56.4 Å². The minimum atomic E-state index is -0.364. The van der Waals surface area contributed by atoms with Crippen LogP contribution in [0.5, 0.6) is 17.2 Å². The first-order valence-corrected chi connectivity index (χ1v) is 11.0. The maximum atomic E-state index is 12.7. The molecule has 1 fully saturated rings. The number of carbonyl (C=O) groups is 2. The lowest BCUT2D eigenvalue weighted by Gasteiger charge is -2.14. The lowest BCUT2D eigenvalue weighted by atomic mass is 10.1. The predicted octanol–water partition coefficient (Wildman–Crippen LogP) is 5.29. The maximum absolute atomic E-state index is 12.7. The molecule has 0 spiro atoms. The molecule has 3 rings (SSSR count). The molecule has 0 saturated carbocycles. The molecule has 158 valence electrons. The molecule has 6 nitrogen and oxygen atoms in total. The molecule has 1 saturated heterocycles. The maximum Gasteiger partial charge on any atom is 0.293 e. The number of ether oxygens (including phenoxy) is 2. The van der Waals surface area contributed by atoms with Gasteiger partial charge in [0.25, 0.3) is 11.1 Å². The Morgan fingerprint density at radius 1 is 1.13 bits per heavy atom. The number of hydrogen-bond donors (Lipinski definition) is 1. The van der Waals surface area contributed by atoms with Gasteiger partial charge in [-0.3, -0.25) is 14.5 Å².